The van der Waals surface area contributed by atoms with Crippen molar-refractivity contribution in [1.82, 2.24) is 5.43 Å². The maximum atomic E-state index is 10.9. The van der Waals surface area contributed by atoms with Gasteiger partial charge in [-0.05, 0) is 0 Å². The van der Waals surface area contributed by atoms with Gasteiger partial charge in [0.05, 0.1) is 0 Å². The molecule has 0 amide bonds. The largest absolute Gasteiger partial charge is 0.271 e. The molecule has 2 nitrogen and oxygen atoms in total. The summed E-state index contributed by atoms with van der Waals surface area (Å²) in [6.45, 7) is -0.142. The minimum atomic E-state index is -0.392. The second-order valence-electron chi connectivity index (χ2n) is 0.643. The number of nitrogens with two attached hydrogens (primary N) is 1. The number of halogens is 1. The summed E-state index contributed by atoms with van der Waals surface area (Å²) in [4.78, 5) is 0. The molecule has 0 fully saturated rings. The first-order valence-corrected chi connectivity index (χ1v) is 1.41. The molecule has 0 bridgehead atoms. The fraction of sp³-hybridized carbons (Fsp3) is 1.00. The van der Waals surface area contributed by atoms with Crippen molar-refractivity contribution < 1.29 is 4.39 Å². The molecule has 3 heteroatoms. The third-order valence-electron chi connectivity index (χ3n) is 0.239. The molecule has 0 unspecified atom stereocenters. The average Bonchev–Trinajstić information content (AvgIpc) is 1.41. The normalized spacial score (nSPS) is 8.40. The van der Waals surface area contributed by atoms with Gasteiger partial charge in [-0.2, -0.15) is 0 Å². The van der Waals surface area contributed by atoms with Gasteiger partial charge in [0.15, 0.2) is 0 Å². The molecule has 0 atom stereocenters. The van der Waals surface area contributed by atoms with Crippen LogP contribution in [0.25, 0.3) is 0 Å². The summed E-state index contributed by atoms with van der Waals surface area (Å²) >= 11 is 0. The van der Waals surface area contributed by atoms with Crippen LogP contribution in [0.5, 0.6) is 0 Å². The summed E-state index contributed by atoms with van der Waals surface area (Å²) in [6.07, 6.45) is 0. The van der Waals surface area contributed by atoms with Crippen LogP contribution in [0.2, 0.25) is 0 Å². The Kier molecular flexibility index (Phi) is 3.73. The quantitative estimate of drug-likeness (QED) is 0.342. The van der Waals surface area contributed by atoms with Crippen molar-refractivity contribution in [2.24, 2.45) is 5.84 Å². The van der Waals surface area contributed by atoms with E-state index in [9.17, 15) is 4.39 Å². The Labute approximate surface area is 30.1 Å². The third-order valence-corrected chi connectivity index (χ3v) is 0.239. The SMILES string of the molecule is NNCCF. The van der Waals surface area contributed by atoms with Gasteiger partial charge < -0.3 is 0 Å². The first kappa shape index (κ1) is 4.85. The van der Waals surface area contributed by atoms with E-state index in [1.54, 1.807) is 0 Å². The van der Waals surface area contributed by atoms with Gasteiger partial charge >= 0.3 is 0 Å². The van der Waals surface area contributed by atoms with Gasteiger partial charge in [0, 0.05) is 6.54 Å². The smallest absolute Gasteiger partial charge is 0.103 e. The lowest BCUT2D eigenvalue weighted by Gasteiger charge is -1.82. The van der Waals surface area contributed by atoms with Crippen molar-refractivity contribution in [1.29, 1.82) is 0 Å². The van der Waals surface area contributed by atoms with E-state index >= 15 is 0 Å². The predicted octanol–water partition coefficient (Wildman–Crippen LogP) is -0.581. The Bertz CT molecular complexity index is 15.1. The van der Waals surface area contributed by atoms with Gasteiger partial charge in [-0.3, -0.25) is 11.3 Å². The van der Waals surface area contributed by atoms with E-state index in [2.05, 4.69) is 11.3 Å². The molecule has 32 valence electrons. The average molecular weight is 78.1 g/mol. The molecule has 0 spiro atoms. The van der Waals surface area contributed by atoms with E-state index in [0.29, 0.717) is 0 Å². The molecular formula is C2H7FN2. The molecule has 0 rings (SSSR count). The summed E-state index contributed by atoms with van der Waals surface area (Å²) < 4.78 is 10.9. The number of hydrogen-bond acceptors (Lipinski definition) is 2. The zero-order valence-corrected chi connectivity index (χ0v) is 2.87. The standard InChI is InChI=1S/C2H7FN2/c3-1-2-5-4/h5H,1-2,4H2. The monoisotopic (exact) mass is 78.1 g/mol. The van der Waals surface area contributed by atoms with E-state index in [4.69, 9.17) is 0 Å². The summed E-state index contributed by atoms with van der Waals surface area (Å²) in [7, 11) is 0. The summed E-state index contributed by atoms with van der Waals surface area (Å²) in [6, 6.07) is 0. The van der Waals surface area contributed by atoms with Gasteiger partial charge in [-0.25, -0.2) is 4.39 Å². The van der Waals surface area contributed by atoms with E-state index < -0.39 is 6.67 Å². The highest BCUT2D eigenvalue weighted by molar-refractivity contribution is 4.25. The lowest BCUT2D eigenvalue weighted by atomic mass is 10.8. The van der Waals surface area contributed by atoms with Crippen molar-refractivity contribution in [2.75, 3.05) is 13.2 Å². The number of hydrazine groups is 1. The molecule has 0 heterocycles. The van der Waals surface area contributed by atoms with E-state index in [-0.39, 0.29) is 6.54 Å². The number of rotatable bonds is 2. The molecule has 0 aliphatic heterocycles. The Morgan fingerprint density at radius 1 is 1.80 bits per heavy atom. The second kappa shape index (κ2) is 3.85. The Hall–Kier alpha value is -0.150. The molecule has 5 heavy (non-hydrogen) atoms. The van der Waals surface area contributed by atoms with Crippen LogP contribution in [-0.4, -0.2) is 13.2 Å². The predicted molar refractivity (Wildman–Crippen MR) is 18.2 cm³/mol. The molecule has 0 aliphatic carbocycles. The van der Waals surface area contributed by atoms with Crippen LogP contribution in [0.3, 0.4) is 0 Å². The molecular weight excluding hydrogens is 71.0 g/mol. The minimum absolute atomic E-state index is 0.250. The Balaban J connectivity index is 2.19. The number of nitrogens with one attached hydrogen (secondary N) is 1. The van der Waals surface area contributed by atoms with Gasteiger partial charge in [0.25, 0.3) is 0 Å². The highest BCUT2D eigenvalue weighted by Gasteiger charge is 1.68. The van der Waals surface area contributed by atoms with Gasteiger partial charge in [0.2, 0.25) is 0 Å². The van der Waals surface area contributed by atoms with Crippen LogP contribution in [0.4, 0.5) is 4.39 Å². The van der Waals surface area contributed by atoms with Crippen LogP contribution in [0.1, 0.15) is 0 Å². The molecule has 0 radical (unpaired) electrons. The maximum absolute atomic E-state index is 10.9. The van der Waals surface area contributed by atoms with E-state index in [0.717, 1.165) is 0 Å². The zero-order chi connectivity index (χ0) is 4.12. The van der Waals surface area contributed by atoms with Crippen LogP contribution in [-0.2, 0) is 0 Å². The van der Waals surface area contributed by atoms with Gasteiger partial charge in [-0.1, -0.05) is 0 Å². The Morgan fingerprint density at radius 2 is 2.40 bits per heavy atom. The van der Waals surface area contributed by atoms with Crippen LogP contribution >= 0.6 is 0 Å². The minimum Gasteiger partial charge on any atom is -0.271 e. The fourth-order valence-electron chi connectivity index (χ4n) is 0.0546. The first-order chi connectivity index (χ1) is 2.41. The molecule has 0 aromatic heterocycles. The molecule has 0 saturated heterocycles. The van der Waals surface area contributed by atoms with Crippen molar-refractivity contribution >= 4 is 0 Å². The number of hydrogen-bond donors (Lipinski definition) is 2. The van der Waals surface area contributed by atoms with Crippen molar-refractivity contribution in [2.45, 2.75) is 0 Å². The van der Waals surface area contributed by atoms with Gasteiger partial charge in [-0.15, -0.1) is 0 Å². The lowest BCUT2D eigenvalue weighted by Crippen LogP contribution is -2.23. The summed E-state index contributed by atoms with van der Waals surface area (Å²) in [5, 5.41) is 0. The summed E-state index contributed by atoms with van der Waals surface area (Å²) in [5.41, 5.74) is 2.14. The molecule has 0 aromatic carbocycles. The molecule has 0 aliphatic rings. The second-order valence-corrected chi connectivity index (χ2v) is 0.643. The third kappa shape index (κ3) is 3.85. The van der Waals surface area contributed by atoms with Gasteiger partial charge in [0.1, 0.15) is 6.67 Å². The fourth-order valence-corrected chi connectivity index (χ4v) is 0.0546. The molecule has 0 saturated carbocycles. The van der Waals surface area contributed by atoms with Crippen LogP contribution in [0, 0.1) is 0 Å². The maximum Gasteiger partial charge on any atom is 0.103 e. The van der Waals surface area contributed by atoms with Crippen molar-refractivity contribution in [3.63, 3.8) is 0 Å². The van der Waals surface area contributed by atoms with Crippen molar-refractivity contribution in [3.8, 4) is 0 Å². The molecule has 3 N–H and O–H groups in total. The van der Waals surface area contributed by atoms with Crippen LogP contribution in [0.15, 0.2) is 0 Å². The van der Waals surface area contributed by atoms with Crippen LogP contribution < -0.4 is 11.3 Å². The van der Waals surface area contributed by atoms with E-state index in [1.165, 1.54) is 0 Å². The molecule has 0 aromatic rings. The van der Waals surface area contributed by atoms with E-state index in [1.807, 2.05) is 0 Å². The van der Waals surface area contributed by atoms with Crippen molar-refractivity contribution in [3.05, 3.63) is 0 Å². The highest BCUT2D eigenvalue weighted by atomic mass is 19.1. The lowest BCUT2D eigenvalue weighted by molar-refractivity contribution is 0.472. The first-order valence-electron chi connectivity index (χ1n) is 1.41. The zero-order valence-electron chi connectivity index (χ0n) is 2.87. The highest BCUT2D eigenvalue weighted by Crippen LogP contribution is 1.53. The summed E-state index contributed by atoms with van der Waals surface area (Å²) in [5.74, 6) is 4.65. The Morgan fingerprint density at radius 3 is 2.40 bits per heavy atom. The number of alkyl halides is 1. The topological polar surface area (TPSA) is 38.0 Å².